The zero-order valence-electron chi connectivity index (χ0n) is 18.9. The molecule has 3 amide bonds. The van der Waals surface area contributed by atoms with Gasteiger partial charge in [-0.05, 0) is 74.4 Å². The predicted molar refractivity (Wildman–Crippen MR) is 138 cm³/mol. The van der Waals surface area contributed by atoms with Crippen LogP contribution in [0.1, 0.15) is 27.2 Å². The number of rotatable bonds is 4. The molecule has 0 saturated heterocycles. The van der Waals surface area contributed by atoms with Crippen molar-refractivity contribution in [2.45, 2.75) is 20.8 Å². The minimum absolute atomic E-state index is 0.185. The SMILES string of the molecule is Cc1cccc(NC(=O)C(=O)Nn2c(C(=O)Nc3ccc(C)cc3C)cc3cc(Br)ccc32)c1. The Hall–Kier alpha value is -3.91. The first kappa shape index (κ1) is 23.3. The number of aromatic nitrogens is 1. The summed E-state index contributed by atoms with van der Waals surface area (Å²) in [4.78, 5) is 38.5. The summed E-state index contributed by atoms with van der Waals surface area (Å²) in [5, 5.41) is 6.20. The summed E-state index contributed by atoms with van der Waals surface area (Å²) in [6.07, 6.45) is 0. The largest absolute Gasteiger partial charge is 0.328 e. The molecule has 4 rings (SSSR count). The smallest absolute Gasteiger partial charge is 0.320 e. The molecule has 0 saturated carbocycles. The number of carbonyl (C=O) groups excluding carboxylic acids is 3. The molecule has 0 bridgehead atoms. The molecule has 0 radical (unpaired) electrons. The van der Waals surface area contributed by atoms with E-state index in [0.29, 0.717) is 16.9 Å². The fourth-order valence-corrected chi connectivity index (χ4v) is 4.06. The number of hydrogen-bond donors (Lipinski definition) is 3. The monoisotopic (exact) mass is 518 g/mol. The second-order valence-electron chi connectivity index (χ2n) is 8.11. The van der Waals surface area contributed by atoms with Crippen LogP contribution >= 0.6 is 15.9 Å². The van der Waals surface area contributed by atoms with E-state index in [1.807, 2.05) is 51.1 Å². The average molecular weight is 519 g/mol. The lowest BCUT2D eigenvalue weighted by molar-refractivity contribution is -0.133. The van der Waals surface area contributed by atoms with E-state index in [1.54, 1.807) is 36.4 Å². The lowest BCUT2D eigenvalue weighted by atomic mass is 10.1. The highest BCUT2D eigenvalue weighted by molar-refractivity contribution is 9.10. The van der Waals surface area contributed by atoms with Crippen molar-refractivity contribution in [1.82, 2.24) is 4.68 Å². The van der Waals surface area contributed by atoms with Gasteiger partial charge in [-0.2, -0.15) is 0 Å². The van der Waals surface area contributed by atoms with Crippen molar-refractivity contribution in [2.24, 2.45) is 0 Å². The number of hydrogen-bond acceptors (Lipinski definition) is 3. The zero-order chi connectivity index (χ0) is 24.4. The molecule has 172 valence electrons. The van der Waals surface area contributed by atoms with Crippen LogP contribution in [0.3, 0.4) is 0 Å². The number of anilines is 2. The van der Waals surface area contributed by atoms with Gasteiger partial charge in [-0.3, -0.25) is 19.8 Å². The Morgan fingerprint density at radius 3 is 2.29 bits per heavy atom. The summed E-state index contributed by atoms with van der Waals surface area (Å²) >= 11 is 3.43. The average Bonchev–Trinajstić information content (AvgIpc) is 3.13. The standard InChI is InChI=1S/C26H23BrN4O3/c1-15-5-4-6-20(12-15)28-25(33)26(34)30-31-22-10-8-19(27)13-18(22)14-23(31)24(32)29-21-9-7-16(2)11-17(21)3/h4-14H,1-3H3,(H,28,33)(H,29,32)(H,30,34). The fourth-order valence-electron chi connectivity index (χ4n) is 3.68. The molecule has 0 fully saturated rings. The van der Waals surface area contributed by atoms with Crippen molar-refractivity contribution in [3.8, 4) is 0 Å². The van der Waals surface area contributed by atoms with Crippen molar-refractivity contribution in [3.63, 3.8) is 0 Å². The van der Waals surface area contributed by atoms with Gasteiger partial charge in [0.15, 0.2) is 0 Å². The van der Waals surface area contributed by atoms with Gasteiger partial charge >= 0.3 is 11.8 Å². The number of carbonyl (C=O) groups is 3. The summed E-state index contributed by atoms with van der Waals surface area (Å²) in [5.74, 6) is -2.16. The third-order valence-electron chi connectivity index (χ3n) is 5.32. The third-order valence-corrected chi connectivity index (χ3v) is 5.82. The molecule has 0 atom stereocenters. The molecule has 8 heteroatoms. The highest BCUT2D eigenvalue weighted by Gasteiger charge is 2.21. The Bertz CT molecular complexity index is 1440. The molecule has 3 N–H and O–H groups in total. The first-order valence-corrected chi connectivity index (χ1v) is 11.4. The van der Waals surface area contributed by atoms with Crippen LogP contribution in [0.15, 0.2) is 71.2 Å². The van der Waals surface area contributed by atoms with Gasteiger partial charge in [0.25, 0.3) is 5.91 Å². The molecular weight excluding hydrogens is 496 g/mol. The number of nitrogens with one attached hydrogen (secondary N) is 3. The summed E-state index contributed by atoms with van der Waals surface area (Å²) < 4.78 is 2.15. The van der Waals surface area contributed by atoms with E-state index >= 15 is 0 Å². The summed E-state index contributed by atoms with van der Waals surface area (Å²) in [6.45, 7) is 5.78. The van der Waals surface area contributed by atoms with Gasteiger partial charge in [-0.15, -0.1) is 0 Å². The van der Waals surface area contributed by atoms with Gasteiger partial charge < -0.3 is 10.6 Å². The molecule has 0 spiro atoms. The van der Waals surface area contributed by atoms with Crippen LogP contribution in [-0.4, -0.2) is 22.4 Å². The maximum absolute atomic E-state index is 13.2. The first-order valence-electron chi connectivity index (χ1n) is 10.6. The van der Waals surface area contributed by atoms with Gasteiger partial charge in [-0.1, -0.05) is 45.8 Å². The number of nitrogens with zero attached hydrogens (tertiary/aromatic N) is 1. The number of aryl methyl sites for hydroxylation is 3. The second-order valence-corrected chi connectivity index (χ2v) is 9.02. The van der Waals surface area contributed by atoms with Crippen LogP contribution in [0, 0.1) is 20.8 Å². The topological polar surface area (TPSA) is 92.2 Å². The van der Waals surface area contributed by atoms with E-state index in [2.05, 4.69) is 32.0 Å². The van der Waals surface area contributed by atoms with Crippen molar-refractivity contribution in [3.05, 3.63) is 93.6 Å². The molecule has 0 aliphatic heterocycles. The molecule has 34 heavy (non-hydrogen) atoms. The molecule has 0 unspecified atom stereocenters. The van der Waals surface area contributed by atoms with E-state index in [9.17, 15) is 14.4 Å². The minimum atomic E-state index is -0.900. The Morgan fingerprint density at radius 1 is 0.794 bits per heavy atom. The highest BCUT2D eigenvalue weighted by Crippen LogP contribution is 2.25. The Labute approximate surface area is 205 Å². The van der Waals surface area contributed by atoms with Crippen molar-refractivity contribution in [1.29, 1.82) is 0 Å². The first-order chi connectivity index (χ1) is 16.2. The van der Waals surface area contributed by atoms with E-state index in [-0.39, 0.29) is 5.69 Å². The van der Waals surface area contributed by atoms with Crippen LogP contribution < -0.4 is 16.1 Å². The quantitative estimate of drug-likeness (QED) is 0.320. The normalized spacial score (nSPS) is 10.7. The highest BCUT2D eigenvalue weighted by atomic mass is 79.9. The molecule has 3 aromatic carbocycles. The van der Waals surface area contributed by atoms with Gasteiger partial charge in [0.05, 0.1) is 5.52 Å². The molecule has 0 aliphatic carbocycles. The predicted octanol–water partition coefficient (Wildman–Crippen LogP) is 5.29. The van der Waals surface area contributed by atoms with Crippen LogP contribution in [0.4, 0.5) is 11.4 Å². The maximum Gasteiger partial charge on any atom is 0.328 e. The van der Waals surface area contributed by atoms with Gasteiger partial charge in [-0.25, -0.2) is 4.68 Å². The minimum Gasteiger partial charge on any atom is -0.320 e. The van der Waals surface area contributed by atoms with Gasteiger partial charge in [0.1, 0.15) is 5.69 Å². The van der Waals surface area contributed by atoms with E-state index in [1.165, 1.54) is 4.68 Å². The number of fused-ring (bicyclic) bond motifs is 1. The van der Waals surface area contributed by atoms with Crippen LogP contribution in [0.2, 0.25) is 0 Å². The number of halogens is 1. The maximum atomic E-state index is 13.2. The number of amides is 3. The summed E-state index contributed by atoms with van der Waals surface area (Å²) in [7, 11) is 0. The van der Waals surface area contributed by atoms with E-state index in [4.69, 9.17) is 0 Å². The third kappa shape index (κ3) is 5.02. The van der Waals surface area contributed by atoms with Crippen molar-refractivity contribution >= 4 is 55.9 Å². The summed E-state index contributed by atoms with van der Waals surface area (Å²) in [5.41, 5.74) is 7.45. The van der Waals surface area contributed by atoms with Crippen LogP contribution in [0.5, 0.6) is 0 Å². The molecule has 7 nitrogen and oxygen atoms in total. The van der Waals surface area contributed by atoms with Crippen molar-refractivity contribution < 1.29 is 14.4 Å². The number of benzene rings is 3. The molecule has 4 aromatic rings. The Balaban J connectivity index is 1.64. The molecular formula is C26H23BrN4O3. The van der Waals surface area contributed by atoms with Crippen LogP contribution in [-0.2, 0) is 9.59 Å². The van der Waals surface area contributed by atoms with E-state index < -0.39 is 17.7 Å². The fraction of sp³-hybridized carbons (Fsp3) is 0.115. The Kier molecular flexibility index (Phi) is 6.51. The van der Waals surface area contributed by atoms with Crippen LogP contribution in [0.25, 0.3) is 10.9 Å². The van der Waals surface area contributed by atoms with Gasteiger partial charge in [0.2, 0.25) is 0 Å². The van der Waals surface area contributed by atoms with E-state index in [0.717, 1.165) is 26.5 Å². The second kappa shape index (κ2) is 9.52. The van der Waals surface area contributed by atoms with Crippen molar-refractivity contribution in [2.75, 3.05) is 16.1 Å². The lowest BCUT2D eigenvalue weighted by Gasteiger charge is -2.14. The zero-order valence-corrected chi connectivity index (χ0v) is 20.5. The summed E-state index contributed by atoms with van der Waals surface area (Å²) in [6, 6.07) is 19.9. The molecule has 1 heterocycles. The lowest BCUT2D eigenvalue weighted by Crippen LogP contribution is -2.36. The molecule has 0 aliphatic rings. The Morgan fingerprint density at radius 2 is 1.56 bits per heavy atom. The molecule has 1 aromatic heterocycles. The van der Waals surface area contributed by atoms with Gasteiger partial charge in [0, 0.05) is 21.2 Å².